The lowest BCUT2D eigenvalue weighted by Gasteiger charge is -2.08. The summed E-state index contributed by atoms with van der Waals surface area (Å²) in [6.45, 7) is 5.57. The van der Waals surface area contributed by atoms with Crippen LogP contribution in [0.4, 0.5) is 5.69 Å². The highest BCUT2D eigenvalue weighted by atomic mass is 127. The van der Waals surface area contributed by atoms with Crippen LogP contribution in [-0.2, 0) is 14.2 Å². The molecule has 0 bridgehead atoms. The van der Waals surface area contributed by atoms with Gasteiger partial charge in [-0.3, -0.25) is 0 Å². The molecule has 130 valence electrons. The summed E-state index contributed by atoms with van der Waals surface area (Å²) in [5.41, 5.74) is 1.57. The van der Waals surface area contributed by atoms with Crippen molar-refractivity contribution in [3.63, 3.8) is 0 Å². The van der Waals surface area contributed by atoms with Crippen molar-refractivity contribution in [1.29, 1.82) is 0 Å². The summed E-state index contributed by atoms with van der Waals surface area (Å²) in [6, 6.07) is 7.34. The Balaban J connectivity index is 2.14. The van der Waals surface area contributed by atoms with E-state index < -0.39 is 0 Å². The van der Waals surface area contributed by atoms with Gasteiger partial charge in [0.05, 0.1) is 32.0 Å². The lowest BCUT2D eigenvalue weighted by Crippen LogP contribution is -2.13. The van der Waals surface area contributed by atoms with Crippen LogP contribution in [0.5, 0.6) is 0 Å². The van der Waals surface area contributed by atoms with Gasteiger partial charge in [0.25, 0.3) is 0 Å². The van der Waals surface area contributed by atoms with Crippen LogP contribution in [0.1, 0.15) is 30.1 Å². The van der Waals surface area contributed by atoms with Gasteiger partial charge in [-0.25, -0.2) is 4.79 Å². The van der Waals surface area contributed by atoms with E-state index in [1.54, 1.807) is 12.1 Å². The normalized spacial score (nSPS) is 10.5. The molecule has 6 heteroatoms. The molecule has 5 nitrogen and oxygen atoms in total. The predicted molar refractivity (Wildman–Crippen MR) is 101 cm³/mol. The maximum absolute atomic E-state index is 11.9. The molecular formula is C17H26INO4. The third kappa shape index (κ3) is 9.78. The molecule has 0 heterocycles. The van der Waals surface area contributed by atoms with Crippen LogP contribution in [0.25, 0.3) is 0 Å². The van der Waals surface area contributed by atoms with E-state index >= 15 is 0 Å². The topological polar surface area (TPSA) is 56.8 Å². The summed E-state index contributed by atoms with van der Waals surface area (Å²) in [5.74, 6) is -0.324. The summed E-state index contributed by atoms with van der Waals surface area (Å²) in [7, 11) is 0. The first-order chi connectivity index (χ1) is 11.3. The molecule has 1 N–H and O–H groups in total. The van der Waals surface area contributed by atoms with E-state index in [9.17, 15) is 4.79 Å². The minimum absolute atomic E-state index is 0.252. The van der Waals surface area contributed by atoms with Crippen molar-refractivity contribution in [2.45, 2.75) is 19.8 Å². The van der Waals surface area contributed by atoms with Gasteiger partial charge in [0.1, 0.15) is 6.61 Å². The third-order valence-corrected chi connectivity index (χ3v) is 3.47. The number of halogens is 1. The summed E-state index contributed by atoms with van der Waals surface area (Å²) in [6.07, 6.45) is 2.29. The molecule has 0 aliphatic rings. The number of anilines is 1. The second kappa shape index (κ2) is 13.6. The van der Waals surface area contributed by atoms with Gasteiger partial charge < -0.3 is 19.5 Å². The number of nitrogens with one attached hydrogen (secondary N) is 1. The zero-order valence-corrected chi connectivity index (χ0v) is 15.8. The molecule has 0 amide bonds. The molecule has 0 aliphatic heterocycles. The number of hydrogen-bond acceptors (Lipinski definition) is 5. The van der Waals surface area contributed by atoms with Gasteiger partial charge in [0.15, 0.2) is 0 Å². The molecule has 1 aromatic carbocycles. The smallest absolute Gasteiger partial charge is 0.338 e. The Labute approximate surface area is 152 Å². The Kier molecular flexibility index (Phi) is 11.9. The van der Waals surface area contributed by atoms with E-state index in [0.29, 0.717) is 25.4 Å². The summed E-state index contributed by atoms with van der Waals surface area (Å²) in [4.78, 5) is 11.9. The zero-order valence-electron chi connectivity index (χ0n) is 13.7. The minimum atomic E-state index is -0.324. The lowest BCUT2D eigenvalue weighted by molar-refractivity contribution is 0.0169. The summed E-state index contributed by atoms with van der Waals surface area (Å²) < 4.78 is 16.7. The van der Waals surface area contributed by atoms with Crippen LogP contribution in [-0.4, -0.2) is 50.0 Å². The molecule has 0 aliphatic carbocycles. The fraction of sp³-hybridized carbons (Fsp3) is 0.588. The van der Waals surface area contributed by atoms with Crippen molar-refractivity contribution in [2.24, 2.45) is 0 Å². The number of hydrogen-bond donors (Lipinski definition) is 1. The number of carbonyl (C=O) groups excluding carboxylic acids is 1. The molecule has 23 heavy (non-hydrogen) atoms. The first-order valence-electron chi connectivity index (χ1n) is 8.00. The summed E-state index contributed by atoms with van der Waals surface area (Å²) >= 11 is 2.26. The number of alkyl halides is 1. The number of unbranched alkanes of at least 4 members (excludes halogenated alkanes) is 1. The van der Waals surface area contributed by atoms with E-state index in [1.165, 1.54) is 0 Å². The van der Waals surface area contributed by atoms with Crippen LogP contribution >= 0.6 is 22.6 Å². The quantitative estimate of drug-likeness (QED) is 0.222. The highest BCUT2D eigenvalue weighted by Crippen LogP contribution is 2.10. The Morgan fingerprint density at radius 1 is 1.04 bits per heavy atom. The number of benzene rings is 1. The molecular weight excluding hydrogens is 409 g/mol. The maximum atomic E-state index is 11.9. The van der Waals surface area contributed by atoms with Gasteiger partial charge in [-0.15, -0.1) is 0 Å². The lowest BCUT2D eigenvalue weighted by atomic mass is 10.2. The van der Waals surface area contributed by atoms with Gasteiger partial charge in [-0.1, -0.05) is 35.9 Å². The van der Waals surface area contributed by atoms with Crippen LogP contribution in [0.3, 0.4) is 0 Å². The monoisotopic (exact) mass is 435 g/mol. The SMILES string of the molecule is CCCCNc1ccc(C(=O)OCCOCCOCCI)cc1. The Hall–Kier alpha value is -0.860. The standard InChI is InChI=1S/C17H26INO4/c1-2-3-9-19-16-6-4-15(5-7-16)17(20)23-14-13-22-12-11-21-10-8-18/h4-7,19H,2-3,8-14H2,1H3. The first-order valence-corrected chi connectivity index (χ1v) is 9.53. The largest absolute Gasteiger partial charge is 0.460 e. The first kappa shape index (κ1) is 20.2. The second-order valence-corrected chi connectivity index (χ2v) is 5.99. The zero-order chi connectivity index (χ0) is 16.8. The number of ether oxygens (including phenoxy) is 3. The van der Waals surface area contributed by atoms with E-state index in [4.69, 9.17) is 14.2 Å². The molecule has 0 saturated heterocycles. The van der Waals surface area contributed by atoms with Gasteiger partial charge >= 0.3 is 5.97 Å². The number of rotatable bonds is 13. The van der Waals surface area contributed by atoms with Crippen molar-refractivity contribution >= 4 is 34.2 Å². The van der Waals surface area contributed by atoms with Crippen LogP contribution in [0.2, 0.25) is 0 Å². The molecule has 0 saturated carbocycles. The van der Waals surface area contributed by atoms with Gasteiger partial charge in [0, 0.05) is 16.7 Å². The molecule has 0 aromatic heterocycles. The maximum Gasteiger partial charge on any atom is 0.338 e. The van der Waals surface area contributed by atoms with E-state index in [0.717, 1.165) is 36.1 Å². The van der Waals surface area contributed by atoms with Gasteiger partial charge in [-0.2, -0.15) is 0 Å². The van der Waals surface area contributed by atoms with E-state index in [2.05, 4.69) is 34.8 Å². The summed E-state index contributed by atoms with van der Waals surface area (Å²) in [5, 5.41) is 3.31. The van der Waals surface area contributed by atoms with E-state index in [-0.39, 0.29) is 12.6 Å². The third-order valence-electron chi connectivity index (χ3n) is 3.03. The highest BCUT2D eigenvalue weighted by Gasteiger charge is 2.06. The molecule has 0 spiro atoms. The molecule has 1 rings (SSSR count). The van der Waals surface area contributed by atoms with Crippen LogP contribution in [0, 0.1) is 0 Å². The van der Waals surface area contributed by atoms with E-state index in [1.807, 2.05) is 12.1 Å². The number of esters is 1. The van der Waals surface area contributed by atoms with Gasteiger partial charge in [-0.05, 0) is 30.7 Å². The Morgan fingerprint density at radius 2 is 1.70 bits per heavy atom. The Morgan fingerprint density at radius 3 is 2.35 bits per heavy atom. The fourth-order valence-electron chi connectivity index (χ4n) is 1.79. The van der Waals surface area contributed by atoms with Crippen molar-refractivity contribution in [3.05, 3.63) is 29.8 Å². The van der Waals surface area contributed by atoms with Crippen molar-refractivity contribution in [3.8, 4) is 0 Å². The molecule has 1 aromatic rings. The highest BCUT2D eigenvalue weighted by molar-refractivity contribution is 14.1. The molecule has 0 radical (unpaired) electrons. The van der Waals surface area contributed by atoms with Crippen LogP contribution < -0.4 is 5.32 Å². The van der Waals surface area contributed by atoms with Gasteiger partial charge in [0.2, 0.25) is 0 Å². The van der Waals surface area contributed by atoms with Crippen molar-refractivity contribution < 1.29 is 19.0 Å². The Bertz CT molecular complexity index is 425. The minimum Gasteiger partial charge on any atom is -0.460 e. The average Bonchev–Trinajstić information content (AvgIpc) is 2.58. The number of carbonyl (C=O) groups is 1. The molecule has 0 unspecified atom stereocenters. The fourth-order valence-corrected chi connectivity index (χ4v) is 2.10. The molecule has 0 atom stereocenters. The predicted octanol–water partition coefficient (Wildman–Crippen LogP) is 3.52. The van der Waals surface area contributed by atoms with Crippen LogP contribution in [0.15, 0.2) is 24.3 Å². The molecule has 0 fully saturated rings. The van der Waals surface area contributed by atoms with Crippen molar-refractivity contribution in [1.82, 2.24) is 0 Å². The average molecular weight is 435 g/mol. The van der Waals surface area contributed by atoms with Crippen molar-refractivity contribution in [2.75, 3.05) is 49.3 Å². The second-order valence-electron chi connectivity index (χ2n) is 4.91.